The summed E-state index contributed by atoms with van der Waals surface area (Å²) in [6.07, 6.45) is -5.22. The number of sulfonamides is 1. The first-order valence-electron chi connectivity index (χ1n) is 8.31. The highest BCUT2D eigenvalue weighted by Gasteiger charge is 2.39. The molecule has 28 heavy (non-hydrogen) atoms. The Bertz CT molecular complexity index is 978. The van der Waals surface area contributed by atoms with Gasteiger partial charge in [0.1, 0.15) is 5.82 Å². The number of halogens is 4. The van der Waals surface area contributed by atoms with Gasteiger partial charge in [0, 0.05) is 19.5 Å². The van der Waals surface area contributed by atoms with Gasteiger partial charge in [0.2, 0.25) is 15.9 Å². The molecule has 0 saturated carbocycles. The van der Waals surface area contributed by atoms with Crippen molar-refractivity contribution >= 4 is 15.9 Å². The number of nitrogens with one attached hydrogen (secondary N) is 1. The van der Waals surface area contributed by atoms with Gasteiger partial charge in [0.15, 0.2) is 0 Å². The molecule has 1 amide bonds. The molecule has 0 radical (unpaired) electrons. The van der Waals surface area contributed by atoms with E-state index in [0.29, 0.717) is 11.6 Å². The maximum Gasteiger partial charge on any atom is 0.419 e. The summed E-state index contributed by atoms with van der Waals surface area (Å²) in [4.78, 5) is 11.3. The molecule has 5 nitrogen and oxygen atoms in total. The van der Waals surface area contributed by atoms with E-state index in [9.17, 15) is 30.8 Å². The van der Waals surface area contributed by atoms with Crippen molar-refractivity contribution in [3.63, 3.8) is 0 Å². The van der Waals surface area contributed by atoms with Gasteiger partial charge in [0.25, 0.3) is 0 Å². The summed E-state index contributed by atoms with van der Waals surface area (Å²) in [7, 11) is -4.43. The van der Waals surface area contributed by atoms with Crippen molar-refractivity contribution in [1.29, 1.82) is 0 Å². The lowest BCUT2D eigenvalue weighted by molar-refractivity contribution is -0.140. The highest BCUT2D eigenvalue weighted by Crippen LogP contribution is 2.35. The lowest BCUT2D eigenvalue weighted by Crippen LogP contribution is -2.36. The van der Waals surface area contributed by atoms with Crippen molar-refractivity contribution in [3.05, 3.63) is 65.5 Å². The van der Waals surface area contributed by atoms with E-state index in [1.165, 1.54) is 0 Å². The molecule has 0 bridgehead atoms. The molecule has 1 heterocycles. The van der Waals surface area contributed by atoms with Gasteiger partial charge >= 0.3 is 6.18 Å². The molecule has 1 fully saturated rings. The Balaban J connectivity index is 2.09. The Labute approximate surface area is 159 Å². The van der Waals surface area contributed by atoms with Crippen molar-refractivity contribution in [2.75, 3.05) is 13.1 Å². The molecule has 2 aromatic rings. The standard InChI is InChI=1S/C18H16F4N2O3S/c19-15-7-6-13(10-14(15)18(20,21)22)28(26,27)24-9-8-23-17(25)11-16(24)12-4-2-1-3-5-12/h1-7,10,16H,8-9,11H2,(H,23,25)/t16-/m1/s1. The SMILES string of the molecule is O=C1C[C@H](c2ccccc2)N(S(=O)(=O)c2ccc(F)c(C(F)(F)F)c2)CCN1. The van der Waals surface area contributed by atoms with Gasteiger partial charge in [-0.3, -0.25) is 4.79 Å². The maximum absolute atomic E-state index is 13.6. The molecule has 0 spiro atoms. The van der Waals surface area contributed by atoms with Gasteiger partial charge in [0.05, 0.1) is 16.5 Å². The largest absolute Gasteiger partial charge is 0.419 e. The topological polar surface area (TPSA) is 66.5 Å². The van der Waals surface area contributed by atoms with Crippen LogP contribution in [0.3, 0.4) is 0 Å². The number of hydrogen-bond donors (Lipinski definition) is 1. The van der Waals surface area contributed by atoms with Crippen LogP contribution in [0, 0.1) is 5.82 Å². The number of hydrogen-bond acceptors (Lipinski definition) is 3. The second kappa shape index (κ2) is 7.51. The monoisotopic (exact) mass is 416 g/mol. The third kappa shape index (κ3) is 4.02. The minimum atomic E-state index is -5.04. The molecule has 0 aromatic heterocycles. The minimum absolute atomic E-state index is 0.00865. The predicted octanol–water partition coefficient (Wildman–Crippen LogP) is 3.10. The summed E-state index contributed by atoms with van der Waals surface area (Å²) in [5, 5.41) is 2.56. The van der Waals surface area contributed by atoms with Crippen LogP contribution in [-0.4, -0.2) is 31.7 Å². The fourth-order valence-corrected chi connectivity index (χ4v) is 4.72. The molecule has 1 atom stereocenters. The highest BCUT2D eigenvalue weighted by molar-refractivity contribution is 7.89. The van der Waals surface area contributed by atoms with Crippen LogP contribution in [0.15, 0.2) is 53.4 Å². The summed E-state index contributed by atoms with van der Waals surface area (Å²) >= 11 is 0. The van der Waals surface area contributed by atoms with Crippen LogP contribution in [0.5, 0.6) is 0 Å². The van der Waals surface area contributed by atoms with E-state index in [1.807, 2.05) is 0 Å². The summed E-state index contributed by atoms with van der Waals surface area (Å²) < 4.78 is 79.8. The average Bonchev–Trinajstić information content (AvgIpc) is 2.83. The van der Waals surface area contributed by atoms with Crippen molar-refractivity contribution in [2.24, 2.45) is 0 Å². The predicted molar refractivity (Wildman–Crippen MR) is 92.1 cm³/mol. The molecule has 10 heteroatoms. The zero-order valence-electron chi connectivity index (χ0n) is 14.4. The van der Waals surface area contributed by atoms with Crippen molar-refractivity contribution in [2.45, 2.75) is 23.5 Å². The lowest BCUT2D eigenvalue weighted by Gasteiger charge is -2.29. The third-order valence-electron chi connectivity index (χ3n) is 4.41. The van der Waals surface area contributed by atoms with Gasteiger partial charge in [-0.15, -0.1) is 0 Å². The quantitative estimate of drug-likeness (QED) is 0.782. The normalized spacial score (nSPS) is 19.1. The molecule has 3 rings (SSSR count). The van der Waals surface area contributed by atoms with Gasteiger partial charge in [-0.2, -0.15) is 17.5 Å². The zero-order chi connectivity index (χ0) is 20.5. The van der Waals surface area contributed by atoms with Gasteiger partial charge < -0.3 is 5.32 Å². The van der Waals surface area contributed by atoms with Gasteiger partial charge in [-0.05, 0) is 23.8 Å². The van der Waals surface area contributed by atoms with E-state index in [4.69, 9.17) is 0 Å². The molecule has 2 aromatic carbocycles. The fraction of sp³-hybridized carbons (Fsp3) is 0.278. The number of amides is 1. The summed E-state index contributed by atoms with van der Waals surface area (Å²) in [5.41, 5.74) is -1.13. The molecule has 1 N–H and O–H groups in total. The summed E-state index contributed by atoms with van der Waals surface area (Å²) in [6, 6.07) is 8.99. The van der Waals surface area contributed by atoms with E-state index in [2.05, 4.69) is 5.32 Å². The Hall–Kier alpha value is -2.46. The zero-order valence-corrected chi connectivity index (χ0v) is 15.2. The molecular weight excluding hydrogens is 400 g/mol. The number of carbonyl (C=O) groups excluding carboxylic acids is 1. The number of nitrogens with zero attached hydrogens (tertiary/aromatic N) is 1. The second-order valence-corrected chi connectivity index (χ2v) is 8.13. The van der Waals surface area contributed by atoms with E-state index in [1.54, 1.807) is 30.3 Å². The number of rotatable bonds is 3. The average molecular weight is 416 g/mol. The Morgan fingerprint density at radius 1 is 1.07 bits per heavy atom. The van der Waals surface area contributed by atoms with Crippen LogP contribution < -0.4 is 5.32 Å². The Morgan fingerprint density at radius 3 is 2.39 bits per heavy atom. The van der Waals surface area contributed by atoms with Crippen LogP contribution in [0.25, 0.3) is 0 Å². The molecule has 150 valence electrons. The highest BCUT2D eigenvalue weighted by atomic mass is 32.2. The van der Waals surface area contributed by atoms with Crippen LogP contribution in [0.1, 0.15) is 23.6 Å². The number of carbonyl (C=O) groups is 1. The molecule has 0 aliphatic carbocycles. The van der Waals surface area contributed by atoms with Gasteiger partial charge in [-0.25, -0.2) is 12.8 Å². The van der Waals surface area contributed by atoms with Crippen molar-refractivity contribution in [1.82, 2.24) is 9.62 Å². The van der Waals surface area contributed by atoms with E-state index < -0.39 is 38.5 Å². The van der Waals surface area contributed by atoms with Crippen molar-refractivity contribution in [3.8, 4) is 0 Å². The minimum Gasteiger partial charge on any atom is -0.355 e. The van der Waals surface area contributed by atoms with Gasteiger partial charge in [-0.1, -0.05) is 30.3 Å². The van der Waals surface area contributed by atoms with E-state index in [0.717, 1.165) is 10.4 Å². The number of benzene rings is 2. The molecule has 0 unspecified atom stereocenters. The van der Waals surface area contributed by atoms with E-state index >= 15 is 0 Å². The van der Waals surface area contributed by atoms with Crippen LogP contribution in [0.4, 0.5) is 17.6 Å². The summed E-state index contributed by atoms with van der Waals surface area (Å²) in [5.74, 6) is -1.93. The Morgan fingerprint density at radius 2 is 1.75 bits per heavy atom. The first kappa shape index (κ1) is 20.3. The molecule has 1 aliphatic heterocycles. The second-order valence-electron chi connectivity index (χ2n) is 6.24. The van der Waals surface area contributed by atoms with Crippen molar-refractivity contribution < 1.29 is 30.8 Å². The molecule has 1 saturated heterocycles. The van der Waals surface area contributed by atoms with Crippen LogP contribution in [-0.2, 0) is 21.0 Å². The molecule has 1 aliphatic rings. The first-order valence-corrected chi connectivity index (χ1v) is 9.75. The maximum atomic E-state index is 13.6. The smallest absolute Gasteiger partial charge is 0.355 e. The van der Waals surface area contributed by atoms with Crippen LogP contribution >= 0.6 is 0 Å². The van der Waals surface area contributed by atoms with E-state index in [-0.39, 0.29) is 31.5 Å². The molecular formula is C18H16F4N2O3S. The third-order valence-corrected chi connectivity index (χ3v) is 6.32. The first-order chi connectivity index (χ1) is 13.1. The van der Waals surface area contributed by atoms with Crippen LogP contribution in [0.2, 0.25) is 0 Å². The number of alkyl halides is 3. The summed E-state index contributed by atoms with van der Waals surface area (Å²) in [6.45, 7) is -0.124. The lowest BCUT2D eigenvalue weighted by atomic mass is 10.0. The Kier molecular flexibility index (Phi) is 5.44. The fourth-order valence-electron chi connectivity index (χ4n) is 3.08.